The molecule has 0 atom stereocenters. The number of hydrogen-bond acceptors (Lipinski definition) is 4. The van der Waals surface area contributed by atoms with Gasteiger partial charge in [0.05, 0.1) is 6.61 Å². The van der Waals surface area contributed by atoms with E-state index in [-0.39, 0.29) is 21.7 Å². The molecule has 0 fully saturated rings. The summed E-state index contributed by atoms with van der Waals surface area (Å²) in [5, 5.41) is 23.8. The molecule has 0 aliphatic carbocycles. The van der Waals surface area contributed by atoms with Crippen LogP contribution in [0.25, 0.3) is 0 Å². The van der Waals surface area contributed by atoms with E-state index in [4.69, 9.17) is 15.5 Å². The second-order valence-electron chi connectivity index (χ2n) is 4.19. The van der Waals surface area contributed by atoms with Crippen LogP contribution < -0.4 is 0 Å². The summed E-state index contributed by atoms with van der Waals surface area (Å²) in [5.41, 5.74) is 0. The molecule has 21 heavy (non-hydrogen) atoms. The van der Waals surface area contributed by atoms with Crippen LogP contribution >= 0.6 is 0 Å². The van der Waals surface area contributed by atoms with Gasteiger partial charge in [-0.3, -0.25) is 5.26 Å². The van der Waals surface area contributed by atoms with Crippen molar-refractivity contribution in [2.24, 2.45) is 0 Å². The van der Waals surface area contributed by atoms with E-state index in [0.29, 0.717) is 19.8 Å². The van der Waals surface area contributed by atoms with E-state index < -0.39 is 0 Å². The minimum Gasteiger partial charge on any atom is -0.396 e. The summed E-state index contributed by atoms with van der Waals surface area (Å²) >= 11 is 0. The molecule has 0 saturated heterocycles. The van der Waals surface area contributed by atoms with Crippen LogP contribution in [0, 0.1) is 6.92 Å². The Morgan fingerprint density at radius 3 is 1.14 bits per heavy atom. The Morgan fingerprint density at radius 2 is 1.10 bits per heavy atom. The first-order valence-corrected chi connectivity index (χ1v) is 7.93. The van der Waals surface area contributed by atoms with Gasteiger partial charge in [-0.05, 0) is 19.3 Å². The quantitative estimate of drug-likeness (QED) is 0.200. The molecule has 0 aliphatic rings. The van der Waals surface area contributed by atoms with E-state index in [9.17, 15) is 0 Å². The maximum absolute atomic E-state index is 8.07. The molecule has 0 saturated carbocycles. The molecule has 0 aromatic rings. The molecule has 4 nitrogen and oxygen atoms in total. The predicted molar refractivity (Wildman–Crippen MR) is 87.7 cm³/mol. The average Bonchev–Trinajstić information content (AvgIpc) is 2.48. The average molecular weight is 343 g/mol. The maximum atomic E-state index is 8.07. The largest absolute Gasteiger partial charge is 0.396 e. The smallest absolute Gasteiger partial charge is 0.0819 e. The number of aliphatic hydroxyl groups is 2. The van der Waals surface area contributed by atoms with Crippen molar-refractivity contribution in [1.29, 1.82) is 0 Å². The Balaban J connectivity index is -0.0000000539. The van der Waals surface area contributed by atoms with Crippen LogP contribution in [0.15, 0.2) is 0 Å². The van der Waals surface area contributed by atoms with Gasteiger partial charge >= 0.3 is 0 Å². The first kappa shape index (κ1) is 33.2. The molecule has 0 heterocycles. The molecule has 0 aromatic carbocycles. The van der Waals surface area contributed by atoms with Crippen molar-refractivity contribution in [3.63, 3.8) is 0 Å². The summed E-state index contributed by atoms with van der Waals surface area (Å²) in [6, 6.07) is 0. The van der Waals surface area contributed by atoms with Gasteiger partial charge in [-0.1, -0.05) is 53.4 Å². The van der Waals surface area contributed by atoms with Crippen LogP contribution in [-0.2, 0) is 26.6 Å². The predicted octanol–water partition coefficient (Wildman–Crippen LogP) is 4.45. The number of unbranched alkanes of at least 4 members (excludes halogenated alkanes) is 4. The molecule has 0 amide bonds. The van der Waals surface area contributed by atoms with Gasteiger partial charge in [-0.15, -0.1) is 0 Å². The van der Waals surface area contributed by atoms with Crippen molar-refractivity contribution < 1.29 is 42.1 Å². The summed E-state index contributed by atoms with van der Waals surface area (Å²) < 4.78 is 0. The fourth-order valence-corrected chi connectivity index (χ4v) is 0.525. The van der Waals surface area contributed by atoms with E-state index in [1.807, 2.05) is 6.92 Å². The molecule has 0 bridgehead atoms. The summed E-state index contributed by atoms with van der Waals surface area (Å²) in [4.78, 5) is 3.78. The summed E-state index contributed by atoms with van der Waals surface area (Å²) in [7, 11) is 0. The zero-order valence-corrected chi connectivity index (χ0v) is 16.3. The molecule has 0 aromatic heterocycles. The first-order valence-electron chi connectivity index (χ1n) is 7.93. The molecular formula is C16H39O4Ti-. The van der Waals surface area contributed by atoms with E-state index in [2.05, 4.69) is 32.6 Å². The van der Waals surface area contributed by atoms with Crippen LogP contribution in [0.2, 0.25) is 0 Å². The topological polar surface area (TPSA) is 69.9 Å². The SMILES string of the molecule is CCCCO.CCCCO.CCCCOO.[CH2-]CCC.[Ti]. The Morgan fingerprint density at radius 1 is 0.762 bits per heavy atom. The van der Waals surface area contributed by atoms with Crippen molar-refractivity contribution >= 4 is 0 Å². The van der Waals surface area contributed by atoms with Crippen LogP contribution in [0.3, 0.4) is 0 Å². The van der Waals surface area contributed by atoms with Gasteiger partial charge in [0.15, 0.2) is 0 Å². The molecule has 0 spiro atoms. The van der Waals surface area contributed by atoms with Crippen molar-refractivity contribution in [3.05, 3.63) is 6.92 Å². The molecule has 0 aliphatic heterocycles. The molecule has 3 N–H and O–H groups in total. The Labute approximate surface area is 148 Å². The van der Waals surface area contributed by atoms with Gasteiger partial charge in [-0.2, -0.15) is 6.42 Å². The van der Waals surface area contributed by atoms with Crippen LogP contribution in [-0.4, -0.2) is 35.3 Å². The zero-order chi connectivity index (χ0) is 16.5. The molecule has 132 valence electrons. The zero-order valence-electron chi connectivity index (χ0n) is 14.7. The summed E-state index contributed by atoms with van der Waals surface area (Å²) in [6.07, 6.45) is 8.37. The minimum atomic E-state index is 0. The van der Waals surface area contributed by atoms with Crippen LogP contribution in [0.4, 0.5) is 0 Å². The van der Waals surface area contributed by atoms with Crippen LogP contribution in [0.1, 0.15) is 79.1 Å². The number of rotatable bonds is 8. The monoisotopic (exact) mass is 343 g/mol. The summed E-state index contributed by atoms with van der Waals surface area (Å²) in [6.45, 7) is 13.0. The Kier molecular flexibility index (Phi) is 78.9. The number of aliphatic hydroxyl groups excluding tert-OH is 2. The van der Waals surface area contributed by atoms with Crippen molar-refractivity contribution in [1.82, 2.24) is 0 Å². The van der Waals surface area contributed by atoms with E-state index >= 15 is 0 Å². The fourth-order valence-electron chi connectivity index (χ4n) is 0.525. The normalized spacial score (nSPS) is 8.00. The van der Waals surface area contributed by atoms with Gasteiger partial charge in [0.2, 0.25) is 0 Å². The minimum absolute atomic E-state index is 0. The van der Waals surface area contributed by atoms with Gasteiger partial charge < -0.3 is 17.1 Å². The van der Waals surface area contributed by atoms with E-state index in [1.165, 1.54) is 6.42 Å². The Hall–Kier alpha value is 0.554. The first-order chi connectivity index (χ1) is 9.66. The van der Waals surface area contributed by atoms with Crippen LogP contribution in [0.5, 0.6) is 0 Å². The Bertz CT molecular complexity index is 90.3. The van der Waals surface area contributed by atoms with Crippen molar-refractivity contribution in [3.8, 4) is 0 Å². The maximum Gasteiger partial charge on any atom is 0.0819 e. The van der Waals surface area contributed by atoms with Crippen molar-refractivity contribution in [2.45, 2.75) is 79.1 Å². The second kappa shape index (κ2) is 49.9. The molecule has 0 unspecified atom stereocenters. The van der Waals surface area contributed by atoms with E-state index in [1.54, 1.807) is 0 Å². The molecule has 0 radical (unpaired) electrons. The molecule has 0 rings (SSSR count). The third-order valence-corrected chi connectivity index (χ3v) is 1.97. The van der Waals surface area contributed by atoms with E-state index in [0.717, 1.165) is 44.9 Å². The second-order valence-corrected chi connectivity index (χ2v) is 4.19. The standard InChI is InChI=1S/C4H10O2.2C4H10O.C4H9.Ti/c1-2-3-4-6-5;2*1-2-3-4-5;1-3-4-2;/h5H,2-4H2,1H3;2*5H,2-4H2,1H3;1,3-4H2,2H3;/q;;;-1;. The van der Waals surface area contributed by atoms with Gasteiger partial charge in [0, 0.05) is 34.9 Å². The molecule has 5 heteroatoms. The third-order valence-electron chi connectivity index (χ3n) is 1.97. The summed E-state index contributed by atoms with van der Waals surface area (Å²) in [5.74, 6) is 0. The van der Waals surface area contributed by atoms with Gasteiger partial charge in [-0.25, -0.2) is 4.89 Å². The third kappa shape index (κ3) is 96.7. The molecular weight excluding hydrogens is 304 g/mol. The number of hydrogen-bond donors (Lipinski definition) is 3. The van der Waals surface area contributed by atoms with Crippen molar-refractivity contribution in [2.75, 3.05) is 19.8 Å². The van der Waals surface area contributed by atoms with Gasteiger partial charge in [0.1, 0.15) is 0 Å². The fraction of sp³-hybridized carbons (Fsp3) is 0.938. The van der Waals surface area contributed by atoms with Gasteiger partial charge in [0.25, 0.3) is 0 Å².